The molecule has 1 aromatic heterocycles. The third kappa shape index (κ3) is 3.18. The maximum absolute atomic E-state index is 9.99. The summed E-state index contributed by atoms with van der Waals surface area (Å²) >= 11 is 5.78. The van der Waals surface area contributed by atoms with Gasteiger partial charge in [-0.05, 0) is 24.6 Å². The number of anilines is 2. The third-order valence-electron chi connectivity index (χ3n) is 2.65. The summed E-state index contributed by atoms with van der Waals surface area (Å²) in [4.78, 5) is 7.82. The first-order valence-corrected chi connectivity index (χ1v) is 6.20. The van der Waals surface area contributed by atoms with Crippen LogP contribution in [0.5, 0.6) is 0 Å². The fraction of sp³-hybridized carbons (Fsp3) is 0.143. The van der Waals surface area contributed by atoms with Gasteiger partial charge in [0.1, 0.15) is 11.9 Å². The average molecular weight is 289 g/mol. The molecule has 1 aromatic carbocycles. The Morgan fingerprint density at radius 3 is 2.45 bits per heavy atom. The molecule has 0 amide bonds. The van der Waals surface area contributed by atoms with Crippen LogP contribution in [0.4, 0.5) is 11.8 Å². The molecule has 20 heavy (non-hydrogen) atoms. The SMILES string of the molecule is Cc1nc(N)nc(N)c1C#CC(O)c1ccc(Cl)cc1. The molecule has 0 aliphatic carbocycles. The van der Waals surface area contributed by atoms with E-state index in [0.29, 0.717) is 21.8 Å². The van der Waals surface area contributed by atoms with Gasteiger partial charge in [-0.3, -0.25) is 0 Å². The number of hydrogen-bond donors (Lipinski definition) is 3. The molecule has 0 saturated heterocycles. The van der Waals surface area contributed by atoms with Crippen LogP contribution in [0.15, 0.2) is 24.3 Å². The Kier molecular flexibility index (Phi) is 4.08. The van der Waals surface area contributed by atoms with Gasteiger partial charge in [-0.15, -0.1) is 0 Å². The van der Waals surface area contributed by atoms with Gasteiger partial charge >= 0.3 is 0 Å². The number of aliphatic hydroxyl groups is 1. The van der Waals surface area contributed by atoms with Crippen molar-refractivity contribution in [2.45, 2.75) is 13.0 Å². The molecular weight excluding hydrogens is 276 g/mol. The number of hydrogen-bond acceptors (Lipinski definition) is 5. The summed E-state index contributed by atoms with van der Waals surface area (Å²) in [5, 5.41) is 10.6. The second-order valence-electron chi connectivity index (χ2n) is 4.15. The molecule has 0 aliphatic rings. The van der Waals surface area contributed by atoms with Crippen molar-refractivity contribution in [3.63, 3.8) is 0 Å². The summed E-state index contributed by atoms with van der Waals surface area (Å²) in [6.07, 6.45) is -0.941. The van der Waals surface area contributed by atoms with Crippen LogP contribution in [0.1, 0.15) is 22.9 Å². The molecule has 1 atom stereocenters. The minimum Gasteiger partial charge on any atom is -0.382 e. The van der Waals surface area contributed by atoms with Gasteiger partial charge in [-0.2, -0.15) is 4.98 Å². The van der Waals surface area contributed by atoms with E-state index in [0.717, 1.165) is 0 Å². The maximum Gasteiger partial charge on any atom is 0.222 e. The summed E-state index contributed by atoms with van der Waals surface area (Å²) in [5.74, 6) is 5.78. The Balaban J connectivity index is 2.29. The van der Waals surface area contributed by atoms with E-state index in [1.54, 1.807) is 31.2 Å². The zero-order valence-electron chi connectivity index (χ0n) is 10.8. The van der Waals surface area contributed by atoms with Crippen LogP contribution in [0.3, 0.4) is 0 Å². The van der Waals surface area contributed by atoms with Gasteiger partial charge in [0, 0.05) is 5.02 Å². The first-order valence-electron chi connectivity index (χ1n) is 5.82. The zero-order chi connectivity index (χ0) is 14.7. The van der Waals surface area contributed by atoms with E-state index in [-0.39, 0.29) is 11.8 Å². The molecule has 0 aliphatic heterocycles. The number of nitrogen functional groups attached to an aromatic ring is 2. The predicted octanol–water partition coefficient (Wildman–Crippen LogP) is 1.69. The molecule has 1 unspecified atom stereocenters. The van der Waals surface area contributed by atoms with Crippen molar-refractivity contribution < 1.29 is 5.11 Å². The highest BCUT2D eigenvalue weighted by molar-refractivity contribution is 6.30. The summed E-state index contributed by atoms with van der Waals surface area (Å²) < 4.78 is 0. The van der Waals surface area contributed by atoms with E-state index >= 15 is 0 Å². The first-order chi connectivity index (χ1) is 9.47. The molecule has 0 bridgehead atoms. The van der Waals surface area contributed by atoms with E-state index < -0.39 is 6.10 Å². The fourth-order valence-corrected chi connectivity index (χ4v) is 1.77. The number of benzene rings is 1. The summed E-state index contributed by atoms with van der Waals surface area (Å²) in [7, 11) is 0. The monoisotopic (exact) mass is 288 g/mol. The number of aliphatic hydroxyl groups excluding tert-OH is 1. The number of aryl methyl sites for hydroxylation is 1. The molecule has 5 N–H and O–H groups in total. The standard InChI is InChI=1S/C14H13ClN4O/c1-8-11(13(16)19-14(17)18-8)6-7-12(20)9-2-4-10(15)5-3-9/h2-5,12,20H,1H3,(H4,16,17,18,19). The Labute approximate surface area is 121 Å². The van der Waals surface area contributed by atoms with Crippen molar-refractivity contribution >= 4 is 23.4 Å². The summed E-state index contributed by atoms with van der Waals surface area (Å²) in [6, 6.07) is 6.79. The minimum atomic E-state index is -0.941. The maximum atomic E-state index is 9.99. The number of nitrogens with zero attached hydrogens (tertiary/aromatic N) is 2. The van der Waals surface area contributed by atoms with Gasteiger partial charge in [0.05, 0.1) is 11.3 Å². The van der Waals surface area contributed by atoms with Gasteiger partial charge in [0.2, 0.25) is 5.95 Å². The molecule has 0 radical (unpaired) electrons. The number of nitrogens with two attached hydrogens (primary N) is 2. The van der Waals surface area contributed by atoms with Gasteiger partial charge in [-0.25, -0.2) is 4.98 Å². The highest BCUT2D eigenvalue weighted by Crippen LogP contribution is 2.17. The lowest BCUT2D eigenvalue weighted by atomic mass is 10.1. The summed E-state index contributed by atoms with van der Waals surface area (Å²) in [6.45, 7) is 1.73. The van der Waals surface area contributed by atoms with Crippen LogP contribution < -0.4 is 11.5 Å². The van der Waals surface area contributed by atoms with Crippen molar-refractivity contribution in [2.24, 2.45) is 0 Å². The van der Waals surface area contributed by atoms with Crippen LogP contribution in [0, 0.1) is 18.8 Å². The lowest BCUT2D eigenvalue weighted by Crippen LogP contribution is -2.05. The van der Waals surface area contributed by atoms with Crippen LogP contribution in [0.2, 0.25) is 5.02 Å². The molecule has 5 nitrogen and oxygen atoms in total. The Bertz CT molecular complexity index is 666. The van der Waals surface area contributed by atoms with Gasteiger partial charge in [-0.1, -0.05) is 35.6 Å². The van der Waals surface area contributed by atoms with E-state index in [1.807, 2.05) is 0 Å². The van der Waals surface area contributed by atoms with Crippen molar-refractivity contribution in [1.29, 1.82) is 0 Å². The molecule has 2 aromatic rings. The lowest BCUT2D eigenvalue weighted by Gasteiger charge is -2.05. The first kappa shape index (κ1) is 14.1. The molecule has 1 heterocycles. The highest BCUT2D eigenvalue weighted by atomic mass is 35.5. The van der Waals surface area contributed by atoms with Crippen LogP contribution in [-0.2, 0) is 0 Å². The number of rotatable bonds is 1. The van der Waals surface area contributed by atoms with E-state index in [1.165, 1.54) is 0 Å². The molecule has 0 saturated carbocycles. The molecule has 0 fully saturated rings. The van der Waals surface area contributed by atoms with Crippen LogP contribution in [0.25, 0.3) is 0 Å². The van der Waals surface area contributed by atoms with Crippen LogP contribution >= 0.6 is 11.6 Å². The Hall–Kier alpha value is -2.29. The lowest BCUT2D eigenvalue weighted by molar-refractivity contribution is 0.238. The normalized spacial score (nSPS) is 11.6. The van der Waals surface area contributed by atoms with Gasteiger partial charge in [0.25, 0.3) is 0 Å². The zero-order valence-corrected chi connectivity index (χ0v) is 11.5. The number of halogens is 1. The number of aromatic nitrogens is 2. The van der Waals surface area contributed by atoms with E-state index in [9.17, 15) is 5.11 Å². The Morgan fingerprint density at radius 1 is 1.20 bits per heavy atom. The van der Waals surface area contributed by atoms with Crippen LogP contribution in [-0.4, -0.2) is 15.1 Å². The summed E-state index contributed by atoms with van der Waals surface area (Å²) in [5.41, 5.74) is 12.9. The van der Waals surface area contributed by atoms with E-state index in [2.05, 4.69) is 21.8 Å². The third-order valence-corrected chi connectivity index (χ3v) is 2.91. The average Bonchev–Trinajstić information content (AvgIpc) is 2.38. The molecule has 102 valence electrons. The second kappa shape index (κ2) is 5.78. The second-order valence-corrected chi connectivity index (χ2v) is 4.59. The Morgan fingerprint density at radius 2 is 1.85 bits per heavy atom. The van der Waals surface area contributed by atoms with E-state index in [4.69, 9.17) is 23.1 Å². The van der Waals surface area contributed by atoms with Crippen molar-refractivity contribution in [1.82, 2.24) is 9.97 Å². The smallest absolute Gasteiger partial charge is 0.222 e. The van der Waals surface area contributed by atoms with Gasteiger partial charge < -0.3 is 16.6 Å². The van der Waals surface area contributed by atoms with Crippen molar-refractivity contribution in [2.75, 3.05) is 11.5 Å². The highest BCUT2D eigenvalue weighted by Gasteiger charge is 2.07. The van der Waals surface area contributed by atoms with Crippen molar-refractivity contribution in [3.8, 4) is 11.8 Å². The molecule has 6 heteroatoms. The quantitative estimate of drug-likeness (QED) is 0.694. The minimum absolute atomic E-state index is 0.101. The molecule has 2 rings (SSSR count). The predicted molar refractivity (Wildman–Crippen MR) is 78.9 cm³/mol. The van der Waals surface area contributed by atoms with Gasteiger partial charge in [0.15, 0.2) is 0 Å². The topological polar surface area (TPSA) is 98.0 Å². The molecular formula is C14H13ClN4O. The van der Waals surface area contributed by atoms with Crippen molar-refractivity contribution in [3.05, 3.63) is 46.1 Å². The fourth-order valence-electron chi connectivity index (χ4n) is 1.64. The largest absolute Gasteiger partial charge is 0.382 e. The molecule has 0 spiro atoms.